The standard InChI is InChI=1S/C17H26N2O2/c1-3-4-10-18-17(20)13(2)21-16-7-5-6-14(11-16)12-19-15-8-9-15/h5-7,11,13,15,19H,3-4,8-10,12H2,1-2H3,(H,18,20). The molecule has 0 bridgehead atoms. The minimum atomic E-state index is -0.464. The van der Waals surface area contributed by atoms with Gasteiger partial charge in [-0.1, -0.05) is 25.5 Å². The number of ether oxygens (including phenoxy) is 1. The number of hydrogen-bond donors (Lipinski definition) is 2. The Morgan fingerprint density at radius 2 is 2.24 bits per heavy atom. The van der Waals surface area contributed by atoms with Gasteiger partial charge in [0.25, 0.3) is 5.91 Å². The molecule has 2 rings (SSSR count). The molecule has 21 heavy (non-hydrogen) atoms. The van der Waals surface area contributed by atoms with Crippen molar-refractivity contribution in [1.82, 2.24) is 10.6 Å². The molecule has 1 aliphatic carbocycles. The van der Waals surface area contributed by atoms with E-state index in [0.717, 1.165) is 25.1 Å². The average Bonchev–Trinajstić information content (AvgIpc) is 3.30. The minimum absolute atomic E-state index is 0.0510. The second-order valence-corrected chi connectivity index (χ2v) is 5.71. The number of rotatable bonds is 9. The fourth-order valence-corrected chi connectivity index (χ4v) is 2.07. The van der Waals surface area contributed by atoms with Crippen molar-refractivity contribution in [2.24, 2.45) is 0 Å². The van der Waals surface area contributed by atoms with Gasteiger partial charge in [-0.25, -0.2) is 0 Å². The largest absolute Gasteiger partial charge is 0.481 e. The summed E-state index contributed by atoms with van der Waals surface area (Å²) in [6, 6.07) is 8.65. The Morgan fingerprint density at radius 1 is 1.43 bits per heavy atom. The number of amides is 1. The van der Waals surface area contributed by atoms with Gasteiger partial charge in [0.05, 0.1) is 0 Å². The average molecular weight is 290 g/mol. The summed E-state index contributed by atoms with van der Waals surface area (Å²) in [7, 11) is 0. The van der Waals surface area contributed by atoms with Crippen molar-refractivity contribution in [2.75, 3.05) is 6.54 Å². The van der Waals surface area contributed by atoms with Crippen molar-refractivity contribution < 1.29 is 9.53 Å². The van der Waals surface area contributed by atoms with Crippen LogP contribution in [-0.2, 0) is 11.3 Å². The lowest BCUT2D eigenvalue weighted by molar-refractivity contribution is -0.127. The third-order valence-electron chi connectivity index (χ3n) is 3.58. The van der Waals surface area contributed by atoms with Crippen molar-refractivity contribution >= 4 is 5.91 Å². The molecule has 1 amide bonds. The first-order chi connectivity index (χ1) is 10.2. The van der Waals surface area contributed by atoms with Gasteiger partial charge < -0.3 is 15.4 Å². The van der Waals surface area contributed by atoms with E-state index >= 15 is 0 Å². The fourth-order valence-electron chi connectivity index (χ4n) is 2.07. The molecule has 1 aromatic carbocycles. The van der Waals surface area contributed by atoms with Crippen LogP contribution in [-0.4, -0.2) is 24.6 Å². The molecule has 4 nitrogen and oxygen atoms in total. The van der Waals surface area contributed by atoms with Crippen LogP contribution in [0.25, 0.3) is 0 Å². The molecule has 0 saturated heterocycles. The first-order valence-corrected chi connectivity index (χ1v) is 7.95. The van der Waals surface area contributed by atoms with Crippen molar-refractivity contribution in [3.05, 3.63) is 29.8 Å². The van der Waals surface area contributed by atoms with Crippen LogP contribution in [0.4, 0.5) is 0 Å². The topological polar surface area (TPSA) is 50.4 Å². The molecule has 0 spiro atoms. The number of unbranched alkanes of at least 4 members (excludes halogenated alkanes) is 1. The molecule has 1 fully saturated rings. The lowest BCUT2D eigenvalue weighted by atomic mass is 10.2. The van der Waals surface area contributed by atoms with E-state index in [9.17, 15) is 4.79 Å². The van der Waals surface area contributed by atoms with Gasteiger partial charge in [0, 0.05) is 19.1 Å². The summed E-state index contributed by atoms with van der Waals surface area (Å²) in [5.41, 5.74) is 1.19. The zero-order valence-electron chi connectivity index (χ0n) is 13.0. The Bertz CT molecular complexity index is 458. The molecule has 1 aromatic rings. The van der Waals surface area contributed by atoms with E-state index in [-0.39, 0.29) is 5.91 Å². The summed E-state index contributed by atoms with van der Waals surface area (Å²) in [5, 5.41) is 6.37. The lowest BCUT2D eigenvalue weighted by Gasteiger charge is -2.15. The van der Waals surface area contributed by atoms with Crippen LogP contribution in [0.2, 0.25) is 0 Å². The molecular formula is C17H26N2O2. The van der Waals surface area contributed by atoms with Crippen molar-refractivity contribution in [2.45, 2.75) is 58.2 Å². The molecule has 1 atom stereocenters. The Hall–Kier alpha value is -1.55. The number of nitrogens with one attached hydrogen (secondary N) is 2. The van der Waals surface area contributed by atoms with Crippen molar-refractivity contribution in [1.29, 1.82) is 0 Å². The second kappa shape index (κ2) is 8.03. The summed E-state index contributed by atoms with van der Waals surface area (Å²) in [6.45, 7) is 5.47. The van der Waals surface area contributed by atoms with Crippen LogP contribution in [0.15, 0.2) is 24.3 Å². The molecular weight excluding hydrogens is 264 g/mol. The maximum Gasteiger partial charge on any atom is 0.260 e. The highest BCUT2D eigenvalue weighted by Crippen LogP contribution is 2.20. The normalized spacial score (nSPS) is 15.5. The Morgan fingerprint density at radius 3 is 2.95 bits per heavy atom. The van der Waals surface area contributed by atoms with Gasteiger partial charge in [0.1, 0.15) is 5.75 Å². The SMILES string of the molecule is CCCCNC(=O)C(C)Oc1cccc(CNC2CC2)c1. The van der Waals surface area contributed by atoms with E-state index in [1.54, 1.807) is 6.92 Å². The highest BCUT2D eigenvalue weighted by atomic mass is 16.5. The van der Waals surface area contributed by atoms with Gasteiger partial charge in [-0.3, -0.25) is 4.79 Å². The number of carbonyl (C=O) groups excluding carboxylic acids is 1. The van der Waals surface area contributed by atoms with Crippen LogP contribution in [0.1, 0.15) is 45.1 Å². The minimum Gasteiger partial charge on any atom is -0.481 e. The van der Waals surface area contributed by atoms with E-state index in [1.165, 1.54) is 18.4 Å². The fraction of sp³-hybridized carbons (Fsp3) is 0.588. The monoisotopic (exact) mass is 290 g/mol. The van der Waals surface area contributed by atoms with Crippen LogP contribution < -0.4 is 15.4 Å². The Balaban J connectivity index is 1.80. The molecule has 0 heterocycles. The van der Waals surface area contributed by atoms with Crippen LogP contribution in [0.5, 0.6) is 5.75 Å². The third-order valence-corrected chi connectivity index (χ3v) is 3.58. The van der Waals surface area contributed by atoms with Gasteiger partial charge in [-0.15, -0.1) is 0 Å². The summed E-state index contributed by atoms with van der Waals surface area (Å²) in [6.07, 6.45) is 4.18. The maximum atomic E-state index is 11.9. The summed E-state index contributed by atoms with van der Waals surface area (Å²) in [5.74, 6) is 0.702. The summed E-state index contributed by atoms with van der Waals surface area (Å²) < 4.78 is 5.73. The van der Waals surface area contributed by atoms with Crippen molar-refractivity contribution in [3.63, 3.8) is 0 Å². The Labute approximate surface area is 127 Å². The van der Waals surface area contributed by atoms with E-state index in [4.69, 9.17) is 4.74 Å². The zero-order valence-corrected chi connectivity index (χ0v) is 13.0. The van der Waals surface area contributed by atoms with Crippen LogP contribution in [0, 0.1) is 0 Å². The van der Waals surface area contributed by atoms with Gasteiger partial charge in [0.2, 0.25) is 0 Å². The third kappa shape index (κ3) is 5.76. The first kappa shape index (κ1) is 15.8. The van der Waals surface area contributed by atoms with Gasteiger partial charge in [-0.05, 0) is 43.9 Å². The smallest absolute Gasteiger partial charge is 0.260 e. The highest BCUT2D eigenvalue weighted by molar-refractivity contribution is 5.80. The molecule has 4 heteroatoms. The van der Waals surface area contributed by atoms with Crippen LogP contribution in [0.3, 0.4) is 0 Å². The van der Waals surface area contributed by atoms with E-state index in [0.29, 0.717) is 12.6 Å². The number of carbonyl (C=O) groups is 1. The predicted octanol–water partition coefficient (Wildman–Crippen LogP) is 2.62. The molecule has 116 valence electrons. The molecule has 1 aliphatic rings. The summed E-state index contributed by atoms with van der Waals surface area (Å²) >= 11 is 0. The van der Waals surface area contributed by atoms with E-state index in [2.05, 4.69) is 23.6 Å². The molecule has 2 N–H and O–H groups in total. The molecule has 0 radical (unpaired) electrons. The number of benzene rings is 1. The van der Waals surface area contributed by atoms with Gasteiger partial charge in [-0.2, -0.15) is 0 Å². The lowest BCUT2D eigenvalue weighted by Crippen LogP contribution is -2.36. The van der Waals surface area contributed by atoms with Gasteiger partial charge >= 0.3 is 0 Å². The van der Waals surface area contributed by atoms with Crippen LogP contribution >= 0.6 is 0 Å². The van der Waals surface area contributed by atoms with E-state index < -0.39 is 6.10 Å². The summed E-state index contributed by atoms with van der Waals surface area (Å²) in [4.78, 5) is 11.9. The second-order valence-electron chi connectivity index (χ2n) is 5.71. The zero-order chi connectivity index (χ0) is 15.1. The highest BCUT2D eigenvalue weighted by Gasteiger charge is 2.20. The predicted molar refractivity (Wildman–Crippen MR) is 84.3 cm³/mol. The first-order valence-electron chi connectivity index (χ1n) is 7.95. The maximum absolute atomic E-state index is 11.9. The quantitative estimate of drug-likeness (QED) is 0.687. The number of hydrogen-bond acceptors (Lipinski definition) is 3. The Kier molecular flexibility index (Phi) is 6.05. The molecule has 1 saturated carbocycles. The molecule has 1 unspecified atom stereocenters. The molecule has 0 aliphatic heterocycles. The van der Waals surface area contributed by atoms with E-state index in [1.807, 2.05) is 18.2 Å². The molecule has 0 aromatic heterocycles. The van der Waals surface area contributed by atoms with Crippen molar-refractivity contribution in [3.8, 4) is 5.75 Å². The van der Waals surface area contributed by atoms with Gasteiger partial charge in [0.15, 0.2) is 6.10 Å².